The number of carbonyl (C=O) groups excluding carboxylic acids is 1. The van der Waals surface area contributed by atoms with Gasteiger partial charge in [0.15, 0.2) is 11.2 Å². The maximum absolute atomic E-state index is 16.1. The predicted octanol–water partition coefficient (Wildman–Crippen LogP) is 5.40. The summed E-state index contributed by atoms with van der Waals surface area (Å²) in [5.41, 5.74) is 1.15. The van der Waals surface area contributed by atoms with E-state index in [2.05, 4.69) is 25.6 Å². The van der Waals surface area contributed by atoms with Crippen LogP contribution in [0, 0.1) is 5.92 Å². The number of nitrogens with zero attached hydrogens (tertiary/aromatic N) is 3. The molecule has 0 fully saturated rings. The molecule has 50 heavy (non-hydrogen) atoms. The molecule has 0 saturated heterocycles. The Kier molecular flexibility index (Phi) is 11.1. The van der Waals surface area contributed by atoms with Gasteiger partial charge in [0, 0.05) is 12.5 Å². The number of fused-ring (bicyclic) bond motifs is 1. The molecule has 0 aliphatic heterocycles. The number of hydrogen-bond donors (Lipinski definition) is 4. The normalized spacial score (nSPS) is 12.1. The van der Waals surface area contributed by atoms with Crippen molar-refractivity contribution in [2.24, 2.45) is 5.92 Å². The van der Waals surface area contributed by atoms with Gasteiger partial charge in [-0.25, -0.2) is 9.37 Å². The summed E-state index contributed by atoms with van der Waals surface area (Å²) >= 11 is 0. The Hall–Kier alpha value is -5.82. The molecule has 13 heteroatoms. The zero-order valence-corrected chi connectivity index (χ0v) is 28.2. The highest BCUT2D eigenvalue weighted by Crippen LogP contribution is 2.38. The molecule has 2 aromatic heterocycles. The van der Waals surface area contributed by atoms with Crippen molar-refractivity contribution in [3.63, 3.8) is 0 Å². The van der Waals surface area contributed by atoms with Crippen molar-refractivity contribution in [2.75, 3.05) is 26.1 Å². The van der Waals surface area contributed by atoms with Gasteiger partial charge in [-0.3, -0.25) is 30.0 Å². The number of carbonyl (C=O) groups is 2. The van der Waals surface area contributed by atoms with Crippen molar-refractivity contribution in [3.8, 4) is 11.5 Å². The van der Waals surface area contributed by atoms with Crippen LogP contribution in [0.1, 0.15) is 43.4 Å². The van der Waals surface area contributed by atoms with Gasteiger partial charge in [-0.1, -0.05) is 68.4 Å². The minimum atomic E-state index is -1.20. The molecule has 0 unspecified atom stereocenters. The van der Waals surface area contributed by atoms with E-state index >= 15 is 4.39 Å². The van der Waals surface area contributed by atoms with Crippen LogP contribution in [0.2, 0.25) is 0 Å². The van der Waals surface area contributed by atoms with Crippen molar-refractivity contribution in [1.29, 1.82) is 0 Å². The molecule has 0 saturated carbocycles. The first kappa shape index (κ1) is 35.5. The van der Waals surface area contributed by atoms with Gasteiger partial charge in [0.05, 0.1) is 39.1 Å². The average molecular weight is 683 g/mol. The van der Waals surface area contributed by atoms with Crippen LogP contribution in [0.4, 0.5) is 10.3 Å². The lowest BCUT2D eigenvalue weighted by Gasteiger charge is -2.37. The molecule has 0 atom stereocenters. The van der Waals surface area contributed by atoms with Crippen molar-refractivity contribution < 1.29 is 28.6 Å². The highest BCUT2D eigenvalue weighted by Gasteiger charge is 2.36. The van der Waals surface area contributed by atoms with Gasteiger partial charge in [-0.15, -0.1) is 0 Å². The third kappa shape index (κ3) is 7.73. The van der Waals surface area contributed by atoms with Gasteiger partial charge in [0.1, 0.15) is 17.3 Å². The van der Waals surface area contributed by atoms with E-state index in [0.29, 0.717) is 11.5 Å². The number of rotatable bonds is 15. The fourth-order valence-corrected chi connectivity index (χ4v) is 5.73. The maximum Gasteiger partial charge on any atom is 0.307 e. The number of aromatic amines is 1. The summed E-state index contributed by atoms with van der Waals surface area (Å²) in [6.07, 6.45) is 0.744. The smallest absolute Gasteiger partial charge is 0.307 e. The number of halogens is 1. The summed E-state index contributed by atoms with van der Waals surface area (Å²) < 4.78 is 28.3. The number of aromatic nitrogens is 4. The number of imidazole rings is 1. The fourth-order valence-electron chi connectivity index (χ4n) is 5.73. The van der Waals surface area contributed by atoms with E-state index in [1.807, 2.05) is 78.9 Å². The standard InChI is InChI=1S/C37H39FN6O6/c1-23(2)34(47)42-36-41-33-32(35(48)43-36)39-22-44(33)21-30(38)24(20-31(45)46)18-19-40-37(25-8-6-5-7-9-25,26-10-14-28(49-3)15-11-26)27-12-16-29(50-4)17-13-27/h5-17,22-23,40H,18-21H2,1-4H3,(H,45,46)(H2,41,42,43,47,48)/b30-24-. The largest absolute Gasteiger partial charge is 0.497 e. The van der Waals surface area contributed by atoms with E-state index in [9.17, 15) is 19.5 Å². The number of carboxylic acid groups (broad SMARTS) is 1. The van der Waals surface area contributed by atoms with Crippen LogP contribution in [0.3, 0.4) is 0 Å². The number of anilines is 1. The molecule has 3 aromatic carbocycles. The highest BCUT2D eigenvalue weighted by molar-refractivity contribution is 5.91. The molecule has 0 radical (unpaired) electrons. The van der Waals surface area contributed by atoms with E-state index in [0.717, 1.165) is 16.7 Å². The number of methoxy groups -OCH3 is 2. The summed E-state index contributed by atoms with van der Waals surface area (Å²) in [6.45, 7) is 3.13. The number of carboxylic acids is 1. The lowest BCUT2D eigenvalue weighted by atomic mass is 9.76. The van der Waals surface area contributed by atoms with E-state index in [1.54, 1.807) is 28.1 Å². The van der Waals surface area contributed by atoms with Crippen LogP contribution in [0.5, 0.6) is 11.5 Å². The first-order valence-electron chi connectivity index (χ1n) is 16.0. The Bertz CT molecular complexity index is 1990. The molecule has 2 heterocycles. The van der Waals surface area contributed by atoms with Gasteiger partial charge in [0.25, 0.3) is 5.56 Å². The number of aliphatic carboxylic acids is 1. The second-order valence-corrected chi connectivity index (χ2v) is 11.9. The minimum absolute atomic E-state index is 0.0371. The van der Waals surface area contributed by atoms with Crippen LogP contribution < -0.4 is 25.7 Å². The van der Waals surface area contributed by atoms with Crippen molar-refractivity contribution in [2.45, 2.75) is 38.8 Å². The number of amides is 1. The topological polar surface area (TPSA) is 160 Å². The molecule has 0 spiro atoms. The molecular weight excluding hydrogens is 643 g/mol. The van der Waals surface area contributed by atoms with Crippen LogP contribution >= 0.6 is 0 Å². The van der Waals surface area contributed by atoms with E-state index in [1.165, 1.54) is 10.9 Å². The molecule has 0 aliphatic carbocycles. The Balaban J connectivity index is 1.51. The van der Waals surface area contributed by atoms with E-state index < -0.39 is 35.9 Å². The molecule has 4 N–H and O–H groups in total. The van der Waals surface area contributed by atoms with Crippen LogP contribution in [-0.2, 0) is 21.7 Å². The van der Waals surface area contributed by atoms with Crippen LogP contribution in [0.15, 0.2) is 101 Å². The van der Waals surface area contributed by atoms with Crippen LogP contribution in [0.25, 0.3) is 11.2 Å². The van der Waals surface area contributed by atoms with Gasteiger partial charge in [-0.05, 0) is 52.9 Å². The van der Waals surface area contributed by atoms with Gasteiger partial charge < -0.3 is 19.1 Å². The summed E-state index contributed by atoms with van der Waals surface area (Å²) in [7, 11) is 3.19. The first-order valence-corrected chi connectivity index (χ1v) is 16.0. The molecule has 5 rings (SSSR count). The molecule has 1 amide bonds. The quantitative estimate of drug-likeness (QED) is 0.106. The molecule has 260 valence electrons. The summed E-state index contributed by atoms with van der Waals surface area (Å²) in [6, 6.07) is 25.0. The summed E-state index contributed by atoms with van der Waals surface area (Å²) in [5.74, 6) is -1.38. The molecule has 0 aliphatic rings. The Morgan fingerprint density at radius 1 is 0.940 bits per heavy atom. The molecule has 12 nitrogen and oxygen atoms in total. The molecule has 0 bridgehead atoms. The number of H-pyrrole nitrogens is 1. The number of allylic oxidation sites excluding steroid dienone is 1. The highest BCUT2D eigenvalue weighted by atomic mass is 19.1. The zero-order chi connectivity index (χ0) is 35.8. The summed E-state index contributed by atoms with van der Waals surface area (Å²) in [4.78, 5) is 47.7. The minimum Gasteiger partial charge on any atom is -0.497 e. The Labute approximate surface area is 288 Å². The number of hydrogen-bond acceptors (Lipinski definition) is 8. The number of benzene rings is 3. The Morgan fingerprint density at radius 2 is 1.52 bits per heavy atom. The lowest BCUT2D eigenvalue weighted by molar-refractivity contribution is -0.136. The van der Waals surface area contributed by atoms with Gasteiger partial charge >= 0.3 is 5.97 Å². The van der Waals surface area contributed by atoms with Crippen molar-refractivity contribution >= 4 is 29.0 Å². The fraction of sp³-hybridized carbons (Fsp3) is 0.270. The second-order valence-electron chi connectivity index (χ2n) is 11.9. The predicted molar refractivity (Wildman–Crippen MR) is 187 cm³/mol. The average Bonchev–Trinajstić information content (AvgIpc) is 3.52. The maximum atomic E-state index is 16.1. The summed E-state index contributed by atoms with van der Waals surface area (Å²) in [5, 5.41) is 16.0. The van der Waals surface area contributed by atoms with E-state index in [-0.39, 0.29) is 47.5 Å². The van der Waals surface area contributed by atoms with Crippen molar-refractivity contribution in [1.82, 2.24) is 24.8 Å². The first-order chi connectivity index (χ1) is 24.0. The van der Waals surface area contributed by atoms with Gasteiger partial charge in [-0.2, -0.15) is 4.98 Å². The number of ether oxygens (including phenoxy) is 2. The van der Waals surface area contributed by atoms with Gasteiger partial charge in [0.2, 0.25) is 11.9 Å². The third-order valence-corrected chi connectivity index (χ3v) is 8.37. The Morgan fingerprint density at radius 3 is 2.06 bits per heavy atom. The molecular formula is C37H39FN6O6. The van der Waals surface area contributed by atoms with Crippen LogP contribution in [-0.4, -0.2) is 57.3 Å². The SMILES string of the molecule is COc1ccc(C(NCC/C(CC(=O)O)=C(/F)Cn2cnc3c(=O)[nH]c(NC(=O)C(C)C)nc32)(c2ccccc2)c2ccc(OC)cc2)cc1. The van der Waals surface area contributed by atoms with Crippen molar-refractivity contribution in [3.05, 3.63) is 124 Å². The number of nitrogens with one attached hydrogen (secondary N) is 3. The monoisotopic (exact) mass is 682 g/mol. The third-order valence-electron chi connectivity index (χ3n) is 8.37. The zero-order valence-electron chi connectivity index (χ0n) is 28.2. The second kappa shape index (κ2) is 15.6. The molecule has 5 aromatic rings. The lowest BCUT2D eigenvalue weighted by Crippen LogP contribution is -2.45. The van der Waals surface area contributed by atoms with E-state index in [4.69, 9.17) is 9.47 Å².